The zero-order chi connectivity index (χ0) is 19.1. The van der Waals surface area contributed by atoms with E-state index >= 15 is 0 Å². The third-order valence-corrected chi connectivity index (χ3v) is 5.08. The second kappa shape index (κ2) is 6.53. The maximum atomic E-state index is 11.8. The lowest BCUT2D eigenvalue weighted by Gasteiger charge is -2.18. The molecule has 0 aliphatic carbocycles. The summed E-state index contributed by atoms with van der Waals surface area (Å²) >= 11 is 0. The summed E-state index contributed by atoms with van der Waals surface area (Å²) in [5.74, 6) is 0.206. The molecule has 0 radical (unpaired) electrons. The maximum absolute atomic E-state index is 11.8. The Hall–Kier alpha value is -3.16. The summed E-state index contributed by atoms with van der Waals surface area (Å²) in [6, 6.07) is 3.47. The van der Waals surface area contributed by atoms with Crippen molar-refractivity contribution < 1.29 is 14.3 Å². The highest BCUT2D eigenvalue weighted by Gasteiger charge is 2.31. The first kappa shape index (κ1) is 17.3. The largest absolute Gasteiger partial charge is 0.474 e. The van der Waals surface area contributed by atoms with Gasteiger partial charge in [-0.15, -0.1) is 0 Å². The van der Waals surface area contributed by atoms with Crippen molar-refractivity contribution in [1.82, 2.24) is 19.7 Å². The van der Waals surface area contributed by atoms with Crippen LogP contribution in [-0.2, 0) is 4.79 Å². The highest BCUT2D eigenvalue weighted by atomic mass is 16.5. The maximum Gasteiger partial charge on any atom is 0.252 e. The lowest BCUT2D eigenvalue weighted by molar-refractivity contribution is -0.119. The van der Waals surface area contributed by atoms with Crippen LogP contribution in [0.2, 0.25) is 0 Å². The molecular formula is C19H21N5O3. The van der Waals surface area contributed by atoms with Crippen molar-refractivity contribution in [3.05, 3.63) is 35.8 Å². The molecule has 0 bridgehead atoms. The average Bonchev–Trinajstić information content (AvgIpc) is 3.20. The first-order valence-electron chi connectivity index (χ1n) is 8.97. The standard InChI is InChI=1S/C19H21N5O3/c1-3-11-7-15(25)23-14(11)9-27-19-16-12(4-5-21-19)6-13(17(20)26)18-22-10(2)8-24(16)18/h4-6,8,11,14H,3,7,9H2,1-2H3,(H2,20,26)(H,23,25)/t11-,14-/m1/s1. The van der Waals surface area contributed by atoms with Crippen molar-refractivity contribution in [2.45, 2.75) is 32.7 Å². The molecule has 0 saturated carbocycles. The molecule has 3 aromatic heterocycles. The number of ether oxygens (including phenoxy) is 1. The number of pyridine rings is 2. The molecule has 27 heavy (non-hydrogen) atoms. The molecule has 4 heterocycles. The van der Waals surface area contributed by atoms with Crippen molar-refractivity contribution in [3.63, 3.8) is 0 Å². The molecule has 0 spiro atoms. The third-order valence-electron chi connectivity index (χ3n) is 5.08. The molecule has 1 saturated heterocycles. The SMILES string of the molecule is CC[C@@H]1CC(=O)N[C@@H]1COc1nccc2cc(C(N)=O)c3nc(C)cn3c12. The molecular weight excluding hydrogens is 346 g/mol. The van der Waals surface area contributed by atoms with E-state index in [4.69, 9.17) is 10.5 Å². The van der Waals surface area contributed by atoms with Crippen LogP contribution in [0.25, 0.3) is 16.6 Å². The number of aryl methyl sites for hydroxylation is 1. The molecule has 4 rings (SSSR count). The fourth-order valence-electron chi connectivity index (χ4n) is 3.71. The van der Waals surface area contributed by atoms with E-state index in [2.05, 4.69) is 22.2 Å². The number of nitrogens with zero attached hydrogens (tertiary/aromatic N) is 3. The molecule has 1 aliphatic heterocycles. The van der Waals surface area contributed by atoms with Crippen LogP contribution in [0.1, 0.15) is 35.8 Å². The van der Waals surface area contributed by atoms with Gasteiger partial charge in [-0.25, -0.2) is 9.97 Å². The lowest BCUT2D eigenvalue weighted by atomic mass is 9.98. The van der Waals surface area contributed by atoms with Crippen molar-refractivity contribution in [3.8, 4) is 5.88 Å². The second-order valence-electron chi connectivity index (χ2n) is 6.91. The van der Waals surface area contributed by atoms with Crippen LogP contribution in [0.4, 0.5) is 0 Å². The fourth-order valence-corrected chi connectivity index (χ4v) is 3.71. The van der Waals surface area contributed by atoms with Crippen LogP contribution in [0, 0.1) is 12.8 Å². The predicted molar refractivity (Wildman–Crippen MR) is 99.6 cm³/mol. The Kier molecular flexibility index (Phi) is 4.18. The van der Waals surface area contributed by atoms with E-state index in [0.29, 0.717) is 30.1 Å². The van der Waals surface area contributed by atoms with Gasteiger partial charge in [0.05, 0.1) is 17.3 Å². The van der Waals surface area contributed by atoms with Gasteiger partial charge in [-0.2, -0.15) is 0 Å². The minimum Gasteiger partial charge on any atom is -0.474 e. The summed E-state index contributed by atoms with van der Waals surface area (Å²) in [5.41, 5.74) is 7.83. The van der Waals surface area contributed by atoms with E-state index in [-0.39, 0.29) is 17.9 Å². The number of hydrogen-bond donors (Lipinski definition) is 2. The highest BCUT2D eigenvalue weighted by Crippen LogP contribution is 2.28. The summed E-state index contributed by atoms with van der Waals surface area (Å²) in [5, 5.41) is 3.75. The number of imidazole rings is 1. The monoisotopic (exact) mass is 367 g/mol. The van der Waals surface area contributed by atoms with E-state index in [1.165, 1.54) is 0 Å². The molecule has 1 fully saturated rings. The lowest BCUT2D eigenvalue weighted by Crippen LogP contribution is -2.34. The van der Waals surface area contributed by atoms with Crippen molar-refractivity contribution in [2.24, 2.45) is 11.7 Å². The summed E-state index contributed by atoms with van der Waals surface area (Å²) < 4.78 is 7.80. The Morgan fingerprint density at radius 3 is 3.04 bits per heavy atom. The molecule has 1 aliphatic rings. The zero-order valence-corrected chi connectivity index (χ0v) is 15.2. The van der Waals surface area contributed by atoms with Gasteiger partial charge in [-0.05, 0) is 25.0 Å². The van der Waals surface area contributed by atoms with Gasteiger partial charge in [0, 0.05) is 24.2 Å². The molecule has 0 aromatic carbocycles. The van der Waals surface area contributed by atoms with Gasteiger partial charge in [0.2, 0.25) is 11.8 Å². The molecule has 3 N–H and O–H groups in total. The molecule has 8 nitrogen and oxygen atoms in total. The molecule has 3 aromatic rings. The van der Waals surface area contributed by atoms with Gasteiger partial charge >= 0.3 is 0 Å². The normalized spacial score (nSPS) is 19.6. The molecule has 140 valence electrons. The van der Waals surface area contributed by atoms with E-state index in [0.717, 1.165) is 23.0 Å². The number of carbonyl (C=O) groups excluding carboxylic acids is 2. The number of fused-ring (bicyclic) bond motifs is 3. The number of hydrogen-bond acceptors (Lipinski definition) is 5. The first-order valence-corrected chi connectivity index (χ1v) is 8.97. The van der Waals surface area contributed by atoms with E-state index in [1.807, 2.05) is 13.1 Å². The van der Waals surface area contributed by atoms with E-state index in [1.54, 1.807) is 22.7 Å². The number of aromatic nitrogens is 3. The van der Waals surface area contributed by atoms with Gasteiger partial charge in [0.15, 0.2) is 5.65 Å². The molecule has 8 heteroatoms. The highest BCUT2D eigenvalue weighted by molar-refractivity contribution is 6.03. The number of rotatable bonds is 5. The summed E-state index contributed by atoms with van der Waals surface area (Å²) in [7, 11) is 0. The Bertz CT molecular complexity index is 1060. The number of amides is 2. The zero-order valence-electron chi connectivity index (χ0n) is 15.2. The number of nitrogens with two attached hydrogens (primary N) is 1. The van der Waals surface area contributed by atoms with Gasteiger partial charge in [-0.1, -0.05) is 13.3 Å². The second-order valence-corrected chi connectivity index (χ2v) is 6.91. The number of nitrogens with one attached hydrogen (secondary N) is 1. The quantitative estimate of drug-likeness (QED) is 0.711. The van der Waals surface area contributed by atoms with Gasteiger partial charge in [-0.3, -0.25) is 14.0 Å². The van der Waals surface area contributed by atoms with Gasteiger partial charge < -0.3 is 15.8 Å². The van der Waals surface area contributed by atoms with Crippen LogP contribution < -0.4 is 15.8 Å². The van der Waals surface area contributed by atoms with E-state index < -0.39 is 5.91 Å². The van der Waals surface area contributed by atoms with Crippen LogP contribution in [0.3, 0.4) is 0 Å². The summed E-state index contributed by atoms with van der Waals surface area (Å²) in [4.78, 5) is 32.3. The van der Waals surface area contributed by atoms with E-state index in [9.17, 15) is 9.59 Å². The first-order chi connectivity index (χ1) is 13.0. The van der Waals surface area contributed by atoms with Crippen molar-refractivity contribution in [1.29, 1.82) is 0 Å². The number of primary amides is 1. The summed E-state index contributed by atoms with van der Waals surface area (Å²) in [6.45, 7) is 4.25. The smallest absolute Gasteiger partial charge is 0.252 e. The topological polar surface area (TPSA) is 112 Å². The number of carbonyl (C=O) groups is 2. The van der Waals surface area contributed by atoms with Crippen LogP contribution in [-0.4, -0.2) is 38.8 Å². The van der Waals surface area contributed by atoms with Crippen LogP contribution in [0.5, 0.6) is 5.88 Å². The summed E-state index contributed by atoms with van der Waals surface area (Å²) in [6.07, 6.45) is 4.89. The van der Waals surface area contributed by atoms with Gasteiger partial charge in [0.1, 0.15) is 12.1 Å². The Morgan fingerprint density at radius 2 is 2.30 bits per heavy atom. The molecule has 2 atom stereocenters. The predicted octanol–water partition coefficient (Wildman–Crippen LogP) is 1.58. The minimum atomic E-state index is -0.536. The third kappa shape index (κ3) is 2.97. The minimum absolute atomic E-state index is 0.0375. The Morgan fingerprint density at radius 1 is 1.48 bits per heavy atom. The van der Waals surface area contributed by atoms with Crippen LogP contribution in [0.15, 0.2) is 24.5 Å². The van der Waals surface area contributed by atoms with Crippen molar-refractivity contribution >= 4 is 28.4 Å². The molecule has 2 amide bonds. The average molecular weight is 367 g/mol. The van der Waals surface area contributed by atoms with Crippen LogP contribution >= 0.6 is 0 Å². The van der Waals surface area contributed by atoms with Crippen molar-refractivity contribution in [2.75, 3.05) is 6.61 Å². The fraction of sp³-hybridized carbons (Fsp3) is 0.368. The van der Waals surface area contributed by atoms with Gasteiger partial charge in [0.25, 0.3) is 5.91 Å². The Balaban J connectivity index is 1.77. The Labute approximate surface area is 155 Å². The molecule has 0 unspecified atom stereocenters.